The van der Waals surface area contributed by atoms with E-state index in [1.165, 1.54) is 23.1 Å². The summed E-state index contributed by atoms with van der Waals surface area (Å²) in [6.45, 7) is 0. The van der Waals surface area contributed by atoms with Crippen molar-refractivity contribution in [1.29, 1.82) is 0 Å². The number of pyridine rings is 1. The minimum atomic E-state index is -0.121. The molecule has 0 fully saturated rings. The fourth-order valence-electron chi connectivity index (χ4n) is 2.27. The molecule has 6 nitrogen and oxygen atoms in total. The molecule has 0 saturated carbocycles. The van der Waals surface area contributed by atoms with E-state index in [1.54, 1.807) is 6.20 Å². The summed E-state index contributed by atoms with van der Waals surface area (Å²) in [5.41, 5.74) is 2.36. The zero-order valence-electron chi connectivity index (χ0n) is 13.5. The van der Waals surface area contributed by atoms with Crippen LogP contribution >= 0.6 is 23.1 Å². The Morgan fingerprint density at radius 2 is 1.88 bits per heavy atom. The van der Waals surface area contributed by atoms with Crippen LogP contribution in [0.3, 0.4) is 0 Å². The number of hydrogen-bond acceptors (Lipinski definition) is 7. The number of fused-ring (bicyclic) bond motifs is 1. The fraction of sp³-hybridized carbons (Fsp3) is 0.0556. The van der Waals surface area contributed by atoms with Crippen LogP contribution in [0.15, 0.2) is 65.8 Å². The first-order chi connectivity index (χ1) is 12.8. The summed E-state index contributed by atoms with van der Waals surface area (Å²) >= 11 is 2.79. The molecule has 26 heavy (non-hydrogen) atoms. The molecule has 1 aromatic carbocycles. The topological polar surface area (TPSA) is 80.7 Å². The number of benzene rings is 1. The number of thioether (sulfide) groups is 1. The Hall–Kier alpha value is -2.84. The van der Waals surface area contributed by atoms with Crippen molar-refractivity contribution in [3.8, 4) is 11.4 Å². The Bertz CT molecular complexity index is 1000. The zero-order chi connectivity index (χ0) is 17.8. The summed E-state index contributed by atoms with van der Waals surface area (Å²) in [5, 5.41) is 12.4. The van der Waals surface area contributed by atoms with Crippen LogP contribution in [0.1, 0.15) is 0 Å². The monoisotopic (exact) mass is 379 g/mol. The predicted octanol–water partition coefficient (Wildman–Crippen LogP) is 3.88. The first kappa shape index (κ1) is 16.6. The number of thiazole rings is 1. The number of nitrogens with one attached hydrogen (secondary N) is 1. The van der Waals surface area contributed by atoms with E-state index in [0.29, 0.717) is 15.9 Å². The van der Waals surface area contributed by atoms with Gasteiger partial charge in [-0.2, -0.15) is 0 Å². The van der Waals surface area contributed by atoms with Crippen molar-refractivity contribution >= 4 is 44.4 Å². The summed E-state index contributed by atoms with van der Waals surface area (Å²) in [6, 6.07) is 17.1. The molecule has 0 spiro atoms. The van der Waals surface area contributed by atoms with Gasteiger partial charge in [0.15, 0.2) is 5.13 Å². The lowest BCUT2D eigenvalue weighted by molar-refractivity contribution is -0.113. The molecule has 128 valence electrons. The van der Waals surface area contributed by atoms with Crippen molar-refractivity contribution in [3.05, 3.63) is 60.8 Å². The average molecular weight is 379 g/mol. The van der Waals surface area contributed by atoms with Gasteiger partial charge >= 0.3 is 0 Å². The SMILES string of the molecule is O=C(CSc1ccc(-c2ccccn2)nn1)Nc1nc2ccccc2s1. The molecule has 0 aliphatic rings. The number of anilines is 1. The van der Waals surface area contributed by atoms with Gasteiger partial charge in [0, 0.05) is 6.20 Å². The van der Waals surface area contributed by atoms with Crippen LogP contribution in [0.5, 0.6) is 0 Å². The summed E-state index contributed by atoms with van der Waals surface area (Å²) < 4.78 is 1.05. The Morgan fingerprint density at radius 1 is 1.00 bits per heavy atom. The van der Waals surface area contributed by atoms with E-state index >= 15 is 0 Å². The second-order valence-corrected chi connectivity index (χ2v) is 7.32. The van der Waals surface area contributed by atoms with Crippen molar-refractivity contribution in [1.82, 2.24) is 20.2 Å². The minimum Gasteiger partial charge on any atom is -0.301 e. The van der Waals surface area contributed by atoms with Crippen molar-refractivity contribution in [2.24, 2.45) is 0 Å². The molecule has 0 aliphatic heterocycles. The Morgan fingerprint density at radius 3 is 2.65 bits per heavy atom. The highest BCUT2D eigenvalue weighted by Crippen LogP contribution is 2.25. The van der Waals surface area contributed by atoms with Gasteiger partial charge in [0.25, 0.3) is 0 Å². The molecular weight excluding hydrogens is 366 g/mol. The summed E-state index contributed by atoms with van der Waals surface area (Å²) in [6.07, 6.45) is 1.71. The van der Waals surface area contributed by atoms with Crippen molar-refractivity contribution in [2.75, 3.05) is 11.1 Å². The van der Waals surface area contributed by atoms with Gasteiger partial charge in [-0.25, -0.2) is 4.98 Å². The largest absolute Gasteiger partial charge is 0.301 e. The highest BCUT2D eigenvalue weighted by molar-refractivity contribution is 7.99. The Balaban J connectivity index is 1.35. The molecule has 1 amide bonds. The third-order valence-electron chi connectivity index (χ3n) is 3.46. The number of para-hydroxylation sites is 1. The third-order valence-corrected chi connectivity index (χ3v) is 5.33. The second-order valence-electron chi connectivity index (χ2n) is 5.30. The number of rotatable bonds is 5. The van der Waals surface area contributed by atoms with Crippen LogP contribution in [0, 0.1) is 0 Å². The molecule has 0 saturated heterocycles. The number of carbonyl (C=O) groups excluding carboxylic acids is 1. The van der Waals surface area contributed by atoms with E-state index in [9.17, 15) is 4.79 Å². The molecule has 4 aromatic rings. The van der Waals surface area contributed by atoms with E-state index in [1.807, 2.05) is 54.6 Å². The minimum absolute atomic E-state index is 0.121. The van der Waals surface area contributed by atoms with E-state index in [0.717, 1.165) is 15.9 Å². The molecule has 8 heteroatoms. The van der Waals surface area contributed by atoms with Crippen LogP contribution in [-0.2, 0) is 4.79 Å². The standard InChI is InChI=1S/C18H13N5OS2/c24-16(21-18-20-14-6-1-2-7-15(14)26-18)11-25-17-9-8-13(22-23-17)12-5-3-4-10-19-12/h1-10H,11H2,(H,20,21,24). The van der Waals surface area contributed by atoms with Gasteiger partial charge in [-0.15, -0.1) is 10.2 Å². The van der Waals surface area contributed by atoms with Crippen LogP contribution in [0.4, 0.5) is 5.13 Å². The van der Waals surface area contributed by atoms with Crippen LogP contribution in [0.25, 0.3) is 21.6 Å². The molecule has 3 aromatic heterocycles. The molecule has 0 bridgehead atoms. The quantitative estimate of drug-likeness (QED) is 0.530. The van der Waals surface area contributed by atoms with Gasteiger partial charge in [-0.1, -0.05) is 41.3 Å². The highest BCUT2D eigenvalue weighted by Gasteiger charge is 2.09. The number of aromatic nitrogens is 4. The van der Waals surface area contributed by atoms with Crippen molar-refractivity contribution in [3.63, 3.8) is 0 Å². The highest BCUT2D eigenvalue weighted by atomic mass is 32.2. The lowest BCUT2D eigenvalue weighted by Gasteiger charge is -2.02. The van der Waals surface area contributed by atoms with Crippen LogP contribution < -0.4 is 5.32 Å². The molecule has 4 rings (SSSR count). The van der Waals surface area contributed by atoms with Gasteiger partial charge in [0.1, 0.15) is 10.7 Å². The van der Waals surface area contributed by atoms with E-state index in [2.05, 4.69) is 25.5 Å². The van der Waals surface area contributed by atoms with Gasteiger partial charge in [0.2, 0.25) is 5.91 Å². The molecular formula is C18H13N5OS2. The first-order valence-corrected chi connectivity index (χ1v) is 9.61. The molecule has 1 N–H and O–H groups in total. The van der Waals surface area contributed by atoms with Gasteiger partial charge in [-0.05, 0) is 36.4 Å². The maximum Gasteiger partial charge on any atom is 0.236 e. The second kappa shape index (κ2) is 7.59. The van der Waals surface area contributed by atoms with Gasteiger partial charge in [-0.3, -0.25) is 9.78 Å². The number of hydrogen-bond donors (Lipinski definition) is 1. The summed E-state index contributed by atoms with van der Waals surface area (Å²) in [4.78, 5) is 20.8. The number of carbonyl (C=O) groups is 1. The predicted molar refractivity (Wildman–Crippen MR) is 104 cm³/mol. The van der Waals surface area contributed by atoms with Crippen LogP contribution in [-0.4, -0.2) is 31.8 Å². The number of nitrogens with zero attached hydrogens (tertiary/aromatic N) is 4. The maximum absolute atomic E-state index is 12.1. The lowest BCUT2D eigenvalue weighted by Crippen LogP contribution is -2.13. The first-order valence-electron chi connectivity index (χ1n) is 7.81. The molecule has 0 radical (unpaired) electrons. The lowest BCUT2D eigenvalue weighted by atomic mass is 10.2. The Kier molecular flexibility index (Phi) is 4.85. The van der Waals surface area contributed by atoms with Gasteiger partial charge in [0.05, 0.1) is 21.7 Å². The van der Waals surface area contributed by atoms with Crippen molar-refractivity contribution < 1.29 is 4.79 Å². The summed E-state index contributed by atoms with van der Waals surface area (Å²) in [5.74, 6) is 0.123. The van der Waals surface area contributed by atoms with E-state index in [-0.39, 0.29) is 11.7 Å². The zero-order valence-corrected chi connectivity index (χ0v) is 15.1. The molecule has 0 unspecified atom stereocenters. The molecule has 0 atom stereocenters. The van der Waals surface area contributed by atoms with E-state index < -0.39 is 0 Å². The Labute approximate surface area is 157 Å². The van der Waals surface area contributed by atoms with Gasteiger partial charge < -0.3 is 5.32 Å². The molecule has 3 heterocycles. The number of amides is 1. The smallest absolute Gasteiger partial charge is 0.236 e. The fourth-order valence-corrected chi connectivity index (χ4v) is 3.76. The normalized spacial score (nSPS) is 10.8. The molecule has 0 aliphatic carbocycles. The third kappa shape index (κ3) is 3.87. The summed E-state index contributed by atoms with van der Waals surface area (Å²) in [7, 11) is 0. The van der Waals surface area contributed by atoms with Crippen molar-refractivity contribution in [2.45, 2.75) is 5.03 Å². The average Bonchev–Trinajstić information content (AvgIpc) is 3.09. The van der Waals surface area contributed by atoms with E-state index in [4.69, 9.17) is 0 Å². The van der Waals surface area contributed by atoms with Crippen LogP contribution in [0.2, 0.25) is 0 Å². The maximum atomic E-state index is 12.1.